The molecule has 2 aromatic carbocycles. The van der Waals surface area contributed by atoms with Crippen molar-refractivity contribution in [3.05, 3.63) is 59.9 Å². The van der Waals surface area contributed by atoms with Crippen molar-refractivity contribution < 1.29 is 4.79 Å². The fraction of sp³-hybridized carbons (Fsp3) is 0.333. The third-order valence-electron chi connectivity index (χ3n) is 5.44. The Hall–Kier alpha value is -3.13. The van der Waals surface area contributed by atoms with Gasteiger partial charge in [0.25, 0.3) is 0 Å². The number of hydrogen-bond acceptors (Lipinski definition) is 5. The lowest BCUT2D eigenvalue weighted by molar-refractivity contribution is -0.119. The van der Waals surface area contributed by atoms with Gasteiger partial charge >= 0.3 is 0 Å². The lowest BCUT2D eigenvalue weighted by atomic mass is 10.0. The number of aryl methyl sites for hydroxylation is 1. The normalized spacial score (nSPS) is 12.4. The number of aromatic amines is 1. The molecule has 0 aliphatic carbocycles. The molecule has 0 fully saturated rings. The predicted molar refractivity (Wildman–Crippen MR) is 128 cm³/mol. The molecule has 166 valence electrons. The zero-order valence-corrected chi connectivity index (χ0v) is 19.6. The molecule has 2 aromatic heterocycles. The van der Waals surface area contributed by atoms with Gasteiger partial charge in [0, 0.05) is 12.1 Å². The van der Waals surface area contributed by atoms with Crippen LogP contribution in [0.1, 0.15) is 38.2 Å². The molecule has 2 heterocycles. The summed E-state index contributed by atoms with van der Waals surface area (Å²) in [5.74, 6) is 2.00. The number of carbonyl (C=O) groups is 1. The first kappa shape index (κ1) is 22.1. The van der Waals surface area contributed by atoms with Crippen molar-refractivity contribution in [3.8, 4) is 11.4 Å². The van der Waals surface area contributed by atoms with Crippen LogP contribution in [0.15, 0.2) is 53.7 Å². The van der Waals surface area contributed by atoms with Crippen molar-refractivity contribution >= 4 is 28.7 Å². The highest BCUT2D eigenvalue weighted by Gasteiger charge is 2.23. The standard InChI is InChI=1S/C24H28N6OS/c1-5-30-23(17-11-7-6-10-16(17)4)28-29-24(30)32-14-20(31)27-21(15(2)3)22-25-18-12-8-9-13-19(18)26-22/h6-13,15,21H,5,14H2,1-4H3,(H,25,26)(H,27,31). The lowest BCUT2D eigenvalue weighted by Crippen LogP contribution is -2.33. The van der Waals surface area contributed by atoms with E-state index < -0.39 is 0 Å². The molecule has 8 heteroatoms. The third-order valence-corrected chi connectivity index (χ3v) is 6.40. The predicted octanol–water partition coefficient (Wildman–Crippen LogP) is 4.76. The molecule has 7 nitrogen and oxygen atoms in total. The summed E-state index contributed by atoms with van der Waals surface area (Å²) < 4.78 is 2.06. The second-order valence-electron chi connectivity index (χ2n) is 8.08. The van der Waals surface area contributed by atoms with Gasteiger partial charge in [0.05, 0.1) is 22.8 Å². The van der Waals surface area contributed by atoms with Gasteiger partial charge in [-0.3, -0.25) is 4.79 Å². The van der Waals surface area contributed by atoms with Gasteiger partial charge < -0.3 is 14.9 Å². The Bertz CT molecular complexity index is 1200. The largest absolute Gasteiger partial charge is 0.345 e. The van der Waals surface area contributed by atoms with Crippen LogP contribution in [0.25, 0.3) is 22.4 Å². The number of rotatable bonds is 8. The van der Waals surface area contributed by atoms with E-state index >= 15 is 0 Å². The molecule has 1 unspecified atom stereocenters. The maximum atomic E-state index is 12.8. The number of aromatic nitrogens is 5. The van der Waals surface area contributed by atoms with Crippen molar-refractivity contribution in [3.63, 3.8) is 0 Å². The van der Waals surface area contributed by atoms with Gasteiger partial charge in [0.2, 0.25) is 5.91 Å². The maximum absolute atomic E-state index is 12.8. The van der Waals surface area contributed by atoms with Crippen molar-refractivity contribution in [2.24, 2.45) is 5.92 Å². The van der Waals surface area contributed by atoms with Gasteiger partial charge in [-0.15, -0.1) is 10.2 Å². The summed E-state index contributed by atoms with van der Waals surface area (Å²) in [5.41, 5.74) is 4.07. The second kappa shape index (κ2) is 9.56. The summed E-state index contributed by atoms with van der Waals surface area (Å²) >= 11 is 1.40. The minimum absolute atomic E-state index is 0.0581. The molecule has 1 amide bonds. The summed E-state index contributed by atoms with van der Waals surface area (Å²) in [7, 11) is 0. The molecule has 0 radical (unpaired) electrons. The van der Waals surface area contributed by atoms with E-state index in [9.17, 15) is 4.79 Å². The van der Waals surface area contributed by atoms with Crippen LogP contribution in [0.4, 0.5) is 0 Å². The molecule has 1 atom stereocenters. The Morgan fingerprint density at radius 1 is 1.12 bits per heavy atom. The van der Waals surface area contributed by atoms with E-state index in [0.29, 0.717) is 0 Å². The highest BCUT2D eigenvalue weighted by molar-refractivity contribution is 7.99. The van der Waals surface area contributed by atoms with Crippen LogP contribution in [0, 0.1) is 12.8 Å². The van der Waals surface area contributed by atoms with E-state index in [1.807, 2.05) is 42.5 Å². The van der Waals surface area contributed by atoms with E-state index in [1.165, 1.54) is 11.8 Å². The minimum Gasteiger partial charge on any atom is -0.345 e. The average molecular weight is 449 g/mol. The third kappa shape index (κ3) is 4.55. The number of benzene rings is 2. The molecule has 0 saturated heterocycles. The Morgan fingerprint density at radius 2 is 1.88 bits per heavy atom. The number of nitrogens with zero attached hydrogens (tertiary/aromatic N) is 4. The number of nitrogens with one attached hydrogen (secondary N) is 2. The highest BCUT2D eigenvalue weighted by Crippen LogP contribution is 2.27. The van der Waals surface area contributed by atoms with Crippen LogP contribution >= 0.6 is 11.8 Å². The second-order valence-corrected chi connectivity index (χ2v) is 9.02. The van der Waals surface area contributed by atoms with Gasteiger partial charge in [-0.05, 0) is 37.5 Å². The lowest BCUT2D eigenvalue weighted by Gasteiger charge is -2.20. The molecule has 4 rings (SSSR count). The summed E-state index contributed by atoms with van der Waals surface area (Å²) in [5, 5.41) is 12.6. The molecular weight excluding hydrogens is 420 g/mol. The van der Waals surface area contributed by atoms with E-state index in [-0.39, 0.29) is 23.6 Å². The van der Waals surface area contributed by atoms with Crippen LogP contribution < -0.4 is 5.32 Å². The molecule has 0 bridgehead atoms. The topological polar surface area (TPSA) is 88.5 Å². The first-order valence-corrected chi connectivity index (χ1v) is 11.8. The zero-order valence-electron chi connectivity index (χ0n) is 18.8. The molecule has 0 spiro atoms. The fourth-order valence-corrected chi connectivity index (χ4v) is 4.53. The van der Waals surface area contributed by atoms with Crippen molar-refractivity contribution in [1.29, 1.82) is 0 Å². The molecule has 0 saturated carbocycles. The Kier molecular flexibility index (Phi) is 6.60. The van der Waals surface area contributed by atoms with Crippen molar-refractivity contribution in [2.75, 3.05) is 5.75 Å². The minimum atomic E-state index is -0.193. The van der Waals surface area contributed by atoms with Crippen LogP contribution in [0.2, 0.25) is 0 Å². The smallest absolute Gasteiger partial charge is 0.231 e. The van der Waals surface area contributed by atoms with Crippen molar-refractivity contribution in [1.82, 2.24) is 30.0 Å². The number of para-hydroxylation sites is 2. The van der Waals surface area contributed by atoms with E-state index in [0.717, 1.165) is 45.5 Å². The first-order valence-electron chi connectivity index (χ1n) is 10.8. The van der Waals surface area contributed by atoms with Crippen LogP contribution in [-0.4, -0.2) is 36.4 Å². The zero-order chi connectivity index (χ0) is 22.7. The number of H-pyrrole nitrogens is 1. The van der Waals surface area contributed by atoms with Crippen molar-refractivity contribution in [2.45, 2.75) is 45.4 Å². The number of carbonyl (C=O) groups excluding carboxylic acids is 1. The van der Waals surface area contributed by atoms with Gasteiger partial charge in [-0.2, -0.15) is 0 Å². The van der Waals surface area contributed by atoms with Gasteiger partial charge in [0.1, 0.15) is 5.82 Å². The summed E-state index contributed by atoms with van der Waals surface area (Å²) in [6.45, 7) is 9.01. The van der Waals surface area contributed by atoms with E-state index in [2.05, 4.69) is 63.8 Å². The molecular formula is C24H28N6OS. The maximum Gasteiger partial charge on any atom is 0.231 e. The molecule has 2 N–H and O–H groups in total. The number of fused-ring (bicyclic) bond motifs is 1. The highest BCUT2D eigenvalue weighted by atomic mass is 32.2. The quantitative estimate of drug-likeness (QED) is 0.380. The summed E-state index contributed by atoms with van der Waals surface area (Å²) in [6.07, 6.45) is 0. The number of imidazole rings is 1. The van der Waals surface area contributed by atoms with E-state index in [4.69, 9.17) is 0 Å². The fourth-order valence-electron chi connectivity index (χ4n) is 3.72. The average Bonchev–Trinajstić information content (AvgIpc) is 3.39. The number of hydrogen-bond donors (Lipinski definition) is 2. The Balaban J connectivity index is 1.47. The molecule has 0 aliphatic rings. The SMILES string of the molecule is CCn1c(SCC(=O)NC(c2nc3ccccc3[nH]2)C(C)C)nnc1-c1ccccc1C. The monoisotopic (exact) mass is 448 g/mol. The Labute approximate surface area is 192 Å². The van der Waals surface area contributed by atoms with Gasteiger partial charge in [-0.1, -0.05) is 62.0 Å². The van der Waals surface area contributed by atoms with Crippen LogP contribution in [0.5, 0.6) is 0 Å². The van der Waals surface area contributed by atoms with Crippen LogP contribution in [0.3, 0.4) is 0 Å². The van der Waals surface area contributed by atoms with Crippen LogP contribution in [-0.2, 0) is 11.3 Å². The Morgan fingerprint density at radius 3 is 2.59 bits per heavy atom. The summed E-state index contributed by atoms with van der Waals surface area (Å²) in [4.78, 5) is 20.8. The molecule has 0 aliphatic heterocycles. The molecule has 32 heavy (non-hydrogen) atoms. The molecule has 4 aromatic rings. The van der Waals surface area contributed by atoms with E-state index in [1.54, 1.807) is 0 Å². The summed E-state index contributed by atoms with van der Waals surface area (Å²) in [6, 6.07) is 15.8. The number of amides is 1. The first-order chi connectivity index (χ1) is 15.5. The van der Waals surface area contributed by atoms with Gasteiger partial charge in [0.15, 0.2) is 11.0 Å². The van der Waals surface area contributed by atoms with Gasteiger partial charge in [-0.25, -0.2) is 4.98 Å². The number of thioether (sulfide) groups is 1.